The van der Waals surface area contributed by atoms with E-state index in [1.807, 2.05) is 18.3 Å². The molecule has 1 aromatic heterocycles. The second-order valence-corrected chi connectivity index (χ2v) is 3.61. The summed E-state index contributed by atoms with van der Waals surface area (Å²) in [5, 5.41) is 7.15. The summed E-state index contributed by atoms with van der Waals surface area (Å²) in [5.74, 6) is 0. The number of aromatic nitrogens is 1. The van der Waals surface area contributed by atoms with E-state index >= 15 is 0 Å². The summed E-state index contributed by atoms with van der Waals surface area (Å²) in [6.07, 6.45) is 2.85. The molecular formula is C9H12ClN3. The summed E-state index contributed by atoms with van der Waals surface area (Å²) in [5.41, 5.74) is 1.23. The van der Waals surface area contributed by atoms with Gasteiger partial charge in [-0.3, -0.25) is 0 Å². The molecule has 1 aliphatic rings. The molecule has 2 N–H and O–H groups in total. The van der Waals surface area contributed by atoms with E-state index in [1.165, 1.54) is 5.56 Å². The third kappa shape index (κ3) is 2.40. The molecular weight excluding hydrogens is 186 g/mol. The molecule has 1 aromatic rings. The summed E-state index contributed by atoms with van der Waals surface area (Å²) in [7, 11) is 0. The predicted molar refractivity (Wildman–Crippen MR) is 52.7 cm³/mol. The molecule has 0 saturated carbocycles. The smallest absolute Gasteiger partial charge is 0.129 e. The van der Waals surface area contributed by atoms with Gasteiger partial charge in [0.15, 0.2) is 0 Å². The lowest BCUT2D eigenvalue weighted by atomic mass is 10.1. The van der Waals surface area contributed by atoms with Crippen molar-refractivity contribution in [3.05, 3.63) is 29.0 Å². The molecule has 1 unspecified atom stereocenters. The highest BCUT2D eigenvalue weighted by molar-refractivity contribution is 6.29. The topological polar surface area (TPSA) is 37.0 Å². The number of nitrogens with one attached hydrogen (secondary N) is 2. The molecule has 4 heteroatoms. The first kappa shape index (κ1) is 8.94. The molecule has 3 nitrogen and oxygen atoms in total. The van der Waals surface area contributed by atoms with Gasteiger partial charge in [-0.25, -0.2) is 4.98 Å². The molecule has 70 valence electrons. The molecule has 2 rings (SSSR count). The third-order valence-electron chi connectivity index (χ3n) is 2.18. The zero-order valence-corrected chi connectivity index (χ0v) is 8.01. The summed E-state index contributed by atoms with van der Waals surface area (Å²) in [6, 6.07) is 4.39. The Hall–Kier alpha value is -0.640. The second kappa shape index (κ2) is 4.05. The average Bonchev–Trinajstić information content (AvgIpc) is 2.62. The van der Waals surface area contributed by atoms with Crippen molar-refractivity contribution < 1.29 is 0 Å². The van der Waals surface area contributed by atoms with Crippen LogP contribution in [0.2, 0.25) is 5.15 Å². The van der Waals surface area contributed by atoms with Crippen LogP contribution < -0.4 is 10.6 Å². The van der Waals surface area contributed by atoms with E-state index < -0.39 is 0 Å². The number of hydrogen-bond acceptors (Lipinski definition) is 3. The first-order valence-electron chi connectivity index (χ1n) is 4.39. The Bertz CT molecular complexity index is 267. The lowest BCUT2D eigenvalue weighted by molar-refractivity contribution is 0.628. The van der Waals surface area contributed by atoms with Gasteiger partial charge in [0.2, 0.25) is 0 Å². The van der Waals surface area contributed by atoms with Crippen molar-refractivity contribution in [2.75, 3.05) is 13.2 Å². The van der Waals surface area contributed by atoms with E-state index in [-0.39, 0.29) is 0 Å². The summed E-state index contributed by atoms with van der Waals surface area (Å²) in [4.78, 5) is 4.04. The highest BCUT2D eigenvalue weighted by Crippen LogP contribution is 2.07. The van der Waals surface area contributed by atoms with Crippen molar-refractivity contribution in [1.82, 2.24) is 15.6 Å². The second-order valence-electron chi connectivity index (χ2n) is 3.23. The van der Waals surface area contributed by atoms with Crippen molar-refractivity contribution >= 4 is 11.6 Å². The molecule has 0 spiro atoms. The number of rotatable bonds is 2. The standard InChI is InChI=1S/C9H12ClN3/c10-9-2-1-7(4-12-9)3-8-5-11-6-13-8/h1-2,4,8,11,13H,3,5-6H2. The maximum Gasteiger partial charge on any atom is 0.129 e. The maximum atomic E-state index is 5.69. The third-order valence-corrected chi connectivity index (χ3v) is 2.40. The van der Waals surface area contributed by atoms with Crippen LogP contribution in [-0.2, 0) is 6.42 Å². The van der Waals surface area contributed by atoms with Crippen LogP contribution in [0.5, 0.6) is 0 Å². The number of hydrogen-bond donors (Lipinski definition) is 2. The molecule has 0 bridgehead atoms. The molecule has 1 aliphatic heterocycles. The van der Waals surface area contributed by atoms with Crippen LogP contribution in [0.1, 0.15) is 5.56 Å². The number of pyridine rings is 1. The lowest BCUT2D eigenvalue weighted by Gasteiger charge is -2.08. The Labute approximate surface area is 82.5 Å². The SMILES string of the molecule is Clc1ccc(CC2CNCN2)cn1. The fourth-order valence-corrected chi connectivity index (χ4v) is 1.60. The number of nitrogens with zero attached hydrogens (tertiary/aromatic N) is 1. The molecule has 0 amide bonds. The van der Waals surface area contributed by atoms with Gasteiger partial charge in [0.05, 0.1) is 0 Å². The van der Waals surface area contributed by atoms with Gasteiger partial charge in [0, 0.05) is 25.5 Å². The predicted octanol–water partition coefficient (Wildman–Crippen LogP) is 0.796. The van der Waals surface area contributed by atoms with E-state index in [9.17, 15) is 0 Å². The first-order chi connectivity index (χ1) is 6.34. The normalized spacial score (nSPS) is 22.1. The van der Waals surface area contributed by atoms with E-state index in [4.69, 9.17) is 11.6 Å². The molecule has 0 aliphatic carbocycles. The Morgan fingerprint density at radius 3 is 3.08 bits per heavy atom. The van der Waals surface area contributed by atoms with Crippen molar-refractivity contribution in [3.63, 3.8) is 0 Å². The van der Waals surface area contributed by atoms with Crippen LogP contribution in [0.15, 0.2) is 18.3 Å². The van der Waals surface area contributed by atoms with E-state index in [2.05, 4.69) is 15.6 Å². The molecule has 0 radical (unpaired) electrons. The van der Waals surface area contributed by atoms with Gasteiger partial charge in [-0.2, -0.15) is 0 Å². The molecule has 0 aromatic carbocycles. The van der Waals surface area contributed by atoms with Crippen molar-refractivity contribution in [2.24, 2.45) is 0 Å². The van der Waals surface area contributed by atoms with Gasteiger partial charge in [-0.05, 0) is 18.1 Å². The summed E-state index contributed by atoms with van der Waals surface area (Å²) in [6.45, 7) is 1.94. The van der Waals surface area contributed by atoms with Gasteiger partial charge in [0.1, 0.15) is 5.15 Å². The summed E-state index contributed by atoms with van der Waals surface area (Å²) >= 11 is 5.69. The Kier molecular flexibility index (Phi) is 2.78. The van der Waals surface area contributed by atoms with E-state index in [0.717, 1.165) is 19.6 Å². The minimum atomic E-state index is 0.531. The van der Waals surface area contributed by atoms with Gasteiger partial charge < -0.3 is 10.6 Å². The van der Waals surface area contributed by atoms with Gasteiger partial charge >= 0.3 is 0 Å². The van der Waals surface area contributed by atoms with Crippen LogP contribution in [0, 0.1) is 0 Å². The van der Waals surface area contributed by atoms with E-state index in [1.54, 1.807) is 0 Å². The van der Waals surface area contributed by atoms with Crippen LogP contribution >= 0.6 is 11.6 Å². The van der Waals surface area contributed by atoms with Crippen molar-refractivity contribution in [2.45, 2.75) is 12.5 Å². The fraction of sp³-hybridized carbons (Fsp3) is 0.444. The zero-order valence-electron chi connectivity index (χ0n) is 7.26. The Balaban J connectivity index is 1.97. The maximum absolute atomic E-state index is 5.69. The minimum absolute atomic E-state index is 0.531. The molecule has 2 heterocycles. The zero-order chi connectivity index (χ0) is 9.10. The largest absolute Gasteiger partial charge is 0.303 e. The van der Waals surface area contributed by atoms with Crippen LogP contribution in [0.3, 0.4) is 0 Å². The van der Waals surface area contributed by atoms with Crippen molar-refractivity contribution in [3.8, 4) is 0 Å². The minimum Gasteiger partial charge on any atom is -0.303 e. The lowest BCUT2D eigenvalue weighted by Crippen LogP contribution is -2.25. The quantitative estimate of drug-likeness (QED) is 0.689. The van der Waals surface area contributed by atoms with Crippen LogP contribution in [0.25, 0.3) is 0 Å². The first-order valence-corrected chi connectivity index (χ1v) is 4.77. The van der Waals surface area contributed by atoms with Crippen molar-refractivity contribution in [1.29, 1.82) is 0 Å². The van der Waals surface area contributed by atoms with Gasteiger partial charge in [-0.15, -0.1) is 0 Å². The molecule has 1 atom stereocenters. The van der Waals surface area contributed by atoms with Crippen LogP contribution in [0.4, 0.5) is 0 Å². The highest BCUT2D eigenvalue weighted by Gasteiger charge is 2.13. The number of halogens is 1. The Morgan fingerprint density at radius 2 is 2.46 bits per heavy atom. The van der Waals surface area contributed by atoms with Gasteiger partial charge in [0.25, 0.3) is 0 Å². The summed E-state index contributed by atoms with van der Waals surface area (Å²) < 4.78 is 0. The molecule has 1 fully saturated rings. The fourth-order valence-electron chi connectivity index (χ4n) is 1.49. The monoisotopic (exact) mass is 197 g/mol. The van der Waals surface area contributed by atoms with Gasteiger partial charge in [-0.1, -0.05) is 17.7 Å². The molecule has 13 heavy (non-hydrogen) atoms. The van der Waals surface area contributed by atoms with E-state index in [0.29, 0.717) is 11.2 Å². The highest BCUT2D eigenvalue weighted by atomic mass is 35.5. The average molecular weight is 198 g/mol. The Morgan fingerprint density at radius 1 is 1.54 bits per heavy atom. The molecule has 1 saturated heterocycles. The van der Waals surface area contributed by atoms with Crippen LogP contribution in [-0.4, -0.2) is 24.2 Å².